The van der Waals surface area contributed by atoms with E-state index < -0.39 is 54.3 Å². The molecule has 4 amide bonds. The van der Waals surface area contributed by atoms with Crippen molar-refractivity contribution in [2.24, 2.45) is 17.8 Å². The van der Waals surface area contributed by atoms with E-state index in [1.165, 1.54) is 19.1 Å². The Bertz CT molecular complexity index is 1130. The number of ether oxygens (including phenoxy) is 2. The minimum atomic E-state index is -1.02. The van der Waals surface area contributed by atoms with Crippen LogP contribution in [0.25, 0.3) is 0 Å². The molecule has 0 aromatic carbocycles. The van der Waals surface area contributed by atoms with E-state index in [-0.39, 0.29) is 41.9 Å². The fourth-order valence-electron chi connectivity index (χ4n) is 7.05. The summed E-state index contributed by atoms with van der Waals surface area (Å²) < 4.78 is 11.4. The second-order valence-electron chi connectivity index (χ2n) is 14.1. The average Bonchev–Trinajstić information content (AvgIpc) is 3.55. The Labute approximate surface area is 293 Å². The lowest BCUT2D eigenvalue weighted by Crippen LogP contribution is -2.59. The lowest BCUT2D eigenvalue weighted by molar-refractivity contribution is -0.150. The van der Waals surface area contributed by atoms with Crippen LogP contribution in [0.3, 0.4) is 0 Å². The first-order chi connectivity index (χ1) is 23.2. The lowest BCUT2D eigenvalue weighted by Gasteiger charge is -2.39. The summed E-state index contributed by atoms with van der Waals surface area (Å²) in [6.45, 7) is 9.87. The first-order valence-electron chi connectivity index (χ1n) is 18.0. The molecule has 2 heterocycles. The Morgan fingerprint density at radius 2 is 1.73 bits per heavy atom. The number of hydrogen-bond donors (Lipinski definition) is 4. The molecule has 2 aliphatic heterocycles. The number of carbonyl (C=O) groups excluding carboxylic acids is 4. The molecule has 0 radical (unpaired) electrons. The second-order valence-corrected chi connectivity index (χ2v) is 14.1. The van der Waals surface area contributed by atoms with Crippen molar-refractivity contribution in [1.29, 1.82) is 0 Å². The molecule has 1 fully saturated rings. The fraction of sp³-hybridized carbons (Fsp3) is 0.806. The first kappa shape index (κ1) is 42.1. The van der Waals surface area contributed by atoms with E-state index in [0.29, 0.717) is 38.6 Å². The fourth-order valence-corrected chi connectivity index (χ4v) is 7.05. The third-order valence-electron chi connectivity index (χ3n) is 10.4. The van der Waals surface area contributed by atoms with E-state index in [1.807, 2.05) is 39.8 Å². The summed E-state index contributed by atoms with van der Waals surface area (Å²) in [6.07, 6.45) is 7.92. The molecule has 280 valence electrons. The van der Waals surface area contributed by atoms with Crippen LogP contribution in [-0.2, 0) is 33.4 Å². The van der Waals surface area contributed by atoms with E-state index in [0.717, 1.165) is 19.3 Å². The molecule has 2 aliphatic rings. The molecule has 0 saturated carbocycles. The van der Waals surface area contributed by atoms with Gasteiger partial charge in [-0.3, -0.25) is 24.0 Å². The van der Waals surface area contributed by atoms with Crippen molar-refractivity contribution in [2.75, 3.05) is 34.9 Å². The van der Waals surface area contributed by atoms with Crippen LogP contribution in [0.15, 0.2) is 12.2 Å². The van der Waals surface area contributed by atoms with Crippen molar-refractivity contribution in [3.63, 3.8) is 0 Å². The molecule has 49 heavy (non-hydrogen) atoms. The third kappa shape index (κ3) is 11.5. The average molecular weight is 694 g/mol. The van der Waals surface area contributed by atoms with E-state index in [4.69, 9.17) is 9.47 Å². The molecule has 2 rings (SSSR count). The highest BCUT2D eigenvalue weighted by molar-refractivity contribution is 5.93. The maximum atomic E-state index is 14.5. The van der Waals surface area contributed by atoms with Gasteiger partial charge < -0.3 is 40.3 Å². The molecular weight excluding hydrogens is 630 g/mol. The number of aliphatic carboxylic acids is 1. The zero-order chi connectivity index (χ0) is 36.8. The number of carbonyl (C=O) groups is 5. The minimum Gasteiger partial charge on any atom is -0.481 e. The van der Waals surface area contributed by atoms with Crippen LogP contribution in [-0.4, -0.2) is 122 Å². The second kappa shape index (κ2) is 20.6. The predicted molar refractivity (Wildman–Crippen MR) is 188 cm³/mol. The number of carboxylic acid groups (broad SMARTS) is 1. The summed E-state index contributed by atoms with van der Waals surface area (Å²) in [4.78, 5) is 70.2. The number of amides is 4. The van der Waals surface area contributed by atoms with Gasteiger partial charge in [0.1, 0.15) is 12.1 Å². The van der Waals surface area contributed by atoms with Gasteiger partial charge in [-0.1, -0.05) is 59.6 Å². The third-order valence-corrected chi connectivity index (χ3v) is 10.4. The number of allylic oxidation sites excluding steroid dienone is 1. The Morgan fingerprint density at radius 1 is 1.04 bits per heavy atom. The van der Waals surface area contributed by atoms with Crippen LogP contribution in [0.5, 0.6) is 0 Å². The van der Waals surface area contributed by atoms with Crippen molar-refractivity contribution in [3.8, 4) is 0 Å². The highest BCUT2D eigenvalue weighted by atomic mass is 16.5. The molecule has 1 unspecified atom stereocenters. The molecule has 4 N–H and O–H groups in total. The number of hydrogen-bond acceptors (Lipinski definition) is 8. The molecule has 13 nitrogen and oxygen atoms in total. The maximum absolute atomic E-state index is 14.5. The van der Waals surface area contributed by atoms with Crippen LogP contribution < -0.4 is 16.0 Å². The maximum Gasteiger partial charge on any atom is 0.306 e. The standard InChI is InChI=1S/C36H63N5O8/c1-10-23(4)31(28(48-8)21-29(42)43)39-33(44)24(5)32(49-9)26-19-16-20-41(26)35(46)27-18-15-13-11-12-14-17-25(37-6)34(45)38-30(22(2)3)36(47)40(27)7/h13,15,22-28,30-32,37H,10-12,14,16-21H2,1-9H3,(H,38,45)(H,39,44)(H,42,43)/b15-13+/t23-,24+,25-,26-,27?,28+,30-,31-,32+/m0/s1. The molecule has 0 bridgehead atoms. The number of likely N-dealkylation sites (N-methyl/N-ethyl adjacent to an activating group) is 2. The van der Waals surface area contributed by atoms with Crippen LogP contribution >= 0.6 is 0 Å². The lowest BCUT2D eigenvalue weighted by atomic mass is 9.90. The smallest absolute Gasteiger partial charge is 0.306 e. The van der Waals surface area contributed by atoms with Crippen molar-refractivity contribution >= 4 is 29.6 Å². The summed E-state index contributed by atoms with van der Waals surface area (Å²) in [6, 6.07) is -3.00. The number of nitrogens with zero attached hydrogens (tertiary/aromatic N) is 2. The summed E-state index contributed by atoms with van der Waals surface area (Å²) in [5.74, 6) is -3.07. The van der Waals surface area contributed by atoms with Gasteiger partial charge in [-0.15, -0.1) is 0 Å². The number of nitrogens with one attached hydrogen (secondary N) is 3. The van der Waals surface area contributed by atoms with Crippen LogP contribution in [0, 0.1) is 17.8 Å². The largest absolute Gasteiger partial charge is 0.481 e. The normalized spacial score (nSPS) is 26.7. The van der Waals surface area contributed by atoms with Gasteiger partial charge in [-0.05, 0) is 57.4 Å². The Balaban J connectivity index is 2.37. The molecule has 9 atom stereocenters. The van der Waals surface area contributed by atoms with Gasteiger partial charge in [0.05, 0.1) is 42.7 Å². The van der Waals surface area contributed by atoms with Crippen molar-refractivity contribution in [2.45, 2.75) is 135 Å². The summed E-state index contributed by atoms with van der Waals surface area (Å²) in [5, 5.41) is 18.5. The van der Waals surface area contributed by atoms with Crippen molar-refractivity contribution < 1.29 is 38.6 Å². The van der Waals surface area contributed by atoms with Gasteiger partial charge in [0, 0.05) is 27.8 Å². The van der Waals surface area contributed by atoms with Crippen molar-refractivity contribution in [1.82, 2.24) is 25.8 Å². The Morgan fingerprint density at radius 3 is 2.31 bits per heavy atom. The topological polar surface area (TPSA) is 167 Å². The first-order valence-corrected chi connectivity index (χ1v) is 18.0. The number of methoxy groups -OCH3 is 2. The van der Waals surface area contributed by atoms with E-state index in [2.05, 4.69) is 16.0 Å². The molecule has 0 aromatic heterocycles. The molecule has 0 aromatic rings. The number of likely N-dealkylation sites (tertiary alicyclic amines) is 1. The van der Waals surface area contributed by atoms with Crippen molar-refractivity contribution in [3.05, 3.63) is 12.2 Å². The zero-order valence-electron chi connectivity index (χ0n) is 31.2. The Kier molecular flexibility index (Phi) is 17.7. The van der Waals surface area contributed by atoms with Crippen LogP contribution in [0.1, 0.15) is 92.4 Å². The molecule has 0 spiro atoms. The zero-order valence-corrected chi connectivity index (χ0v) is 31.2. The predicted octanol–water partition coefficient (Wildman–Crippen LogP) is 2.73. The number of carboxylic acids is 1. The monoisotopic (exact) mass is 693 g/mol. The summed E-state index contributed by atoms with van der Waals surface area (Å²) in [5.41, 5.74) is 0. The van der Waals surface area contributed by atoms with E-state index in [1.54, 1.807) is 25.9 Å². The van der Waals surface area contributed by atoms with E-state index in [9.17, 15) is 29.1 Å². The minimum absolute atomic E-state index is 0.0505. The quantitative estimate of drug-likeness (QED) is 0.200. The van der Waals surface area contributed by atoms with Crippen LogP contribution in [0.2, 0.25) is 0 Å². The summed E-state index contributed by atoms with van der Waals surface area (Å²) >= 11 is 0. The van der Waals surface area contributed by atoms with Gasteiger partial charge >= 0.3 is 5.97 Å². The Hall–Kier alpha value is -3.03. The highest BCUT2D eigenvalue weighted by Crippen LogP contribution is 2.29. The van der Waals surface area contributed by atoms with Gasteiger partial charge in [-0.2, -0.15) is 0 Å². The number of rotatable bonds is 14. The van der Waals surface area contributed by atoms with Crippen LogP contribution in [0.4, 0.5) is 0 Å². The van der Waals surface area contributed by atoms with Gasteiger partial charge in [0.2, 0.25) is 23.6 Å². The molecule has 0 aliphatic carbocycles. The van der Waals surface area contributed by atoms with E-state index >= 15 is 0 Å². The summed E-state index contributed by atoms with van der Waals surface area (Å²) in [7, 11) is 6.33. The SMILES string of the molecule is CC[C@H](C)[C@H](NC(=O)[C@H](C)[C@@H](OC)[C@@H]1CCCN1C(=O)C1C/C=C/CCCC[C@H](NC)C(=O)N[C@@H](C(C)C)C(=O)N1C)[C@@H](CC(=O)O)OC. The van der Waals surface area contributed by atoms with Gasteiger partial charge in [0.25, 0.3) is 0 Å². The molecular formula is C36H63N5O8. The molecule has 13 heteroatoms. The highest BCUT2D eigenvalue weighted by Gasteiger charge is 2.44. The molecule has 1 saturated heterocycles. The van der Waals surface area contributed by atoms with Gasteiger partial charge in [-0.25, -0.2) is 0 Å². The van der Waals surface area contributed by atoms with Gasteiger partial charge in [0.15, 0.2) is 0 Å².